The molecular formula is C52H33N7. The third-order valence-corrected chi connectivity index (χ3v) is 11.3. The lowest BCUT2D eigenvalue weighted by molar-refractivity contribution is 1.07. The fraction of sp³-hybridized carbons (Fsp3) is 0. The molecule has 0 aliphatic rings. The summed E-state index contributed by atoms with van der Waals surface area (Å²) in [5.74, 6) is 2.74. The Morgan fingerprint density at radius 3 is 1.46 bits per heavy atom. The van der Waals surface area contributed by atoms with Gasteiger partial charge in [0.25, 0.3) is 0 Å². The SMILES string of the molecule is c1ccc(-c2nc(-c3ccccc3)nc(-c3ccc(-n4c5ccc(-c6ccc7c(c6)c6ccccc6n7-c6ccccc6)cc5n5c6ccccc6nc45)cc3)n2)cc1. The molecule has 0 fully saturated rings. The maximum atomic E-state index is 5.20. The van der Waals surface area contributed by atoms with Crippen LogP contribution in [0.1, 0.15) is 0 Å². The van der Waals surface area contributed by atoms with E-state index in [9.17, 15) is 0 Å². The maximum Gasteiger partial charge on any atom is 0.220 e. The number of hydrogen-bond donors (Lipinski definition) is 0. The zero-order valence-electron chi connectivity index (χ0n) is 31.7. The minimum atomic E-state index is 0.617. The molecular weight excluding hydrogens is 723 g/mol. The lowest BCUT2D eigenvalue weighted by Crippen LogP contribution is -2.00. The molecule has 0 atom stereocenters. The van der Waals surface area contributed by atoms with E-state index in [0.717, 1.165) is 67.0 Å². The monoisotopic (exact) mass is 755 g/mol. The molecule has 8 aromatic carbocycles. The van der Waals surface area contributed by atoms with Crippen LogP contribution < -0.4 is 0 Å². The Morgan fingerprint density at radius 2 is 0.780 bits per heavy atom. The summed E-state index contributed by atoms with van der Waals surface area (Å²) in [4.78, 5) is 20.0. The van der Waals surface area contributed by atoms with Gasteiger partial charge in [0.2, 0.25) is 5.78 Å². The summed E-state index contributed by atoms with van der Waals surface area (Å²) in [5.41, 5.74) is 13.8. The summed E-state index contributed by atoms with van der Waals surface area (Å²) in [6.07, 6.45) is 0. The smallest absolute Gasteiger partial charge is 0.220 e. The normalized spacial score (nSPS) is 11.7. The average Bonchev–Trinajstić information content (AvgIpc) is 3.96. The maximum absolute atomic E-state index is 5.20. The van der Waals surface area contributed by atoms with Crippen LogP contribution in [0.15, 0.2) is 200 Å². The van der Waals surface area contributed by atoms with Crippen molar-refractivity contribution in [2.75, 3.05) is 0 Å². The van der Waals surface area contributed by atoms with Crippen LogP contribution >= 0.6 is 0 Å². The van der Waals surface area contributed by atoms with E-state index < -0.39 is 0 Å². The number of nitrogens with zero attached hydrogens (tertiary/aromatic N) is 7. The van der Waals surface area contributed by atoms with E-state index in [1.54, 1.807) is 0 Å². The van der Waals surface area contributed by atoms with Crippen molar-refractivity contribution in [3.63, 3.8) is 0 Å². The van der Waals surface area contributed by atoms with Crippen molar-refractivity contribution in [2.45, 2.75) is 0 Å². The topological polar surface area (TPSA) is 65.8 Å². The van der Waals surface area contributed by atoms with E-state index >= 15 is 0 Å². The number of para-hydroxylation sites is 4. The average molecular weight is 756 g/mol. The van der Waals surface area contributed by atoms with Gasteiger partial charge >= 0.3 is 0 Å². The van der Waals surface area contributed by atoms with Crippen LogP contribution in [0.25, 0.3) is 106 Å². The molecule has 0 bridgehead atoms. The molecule has 0 amide bonds. The number of benzene rings is 8. The van der Waals surface area contributed by atoms with Crippen molar-refractivity contribution in [1.29, 1.82) is 0 Å². The molecule has 276 valence electrons. The molecule has 59 heavy (non-hydrogen) atoms. The van der Waals surface area contributed by atoms with Crippen molar-refractivity contribution in [2.24, 2.45) is 0 Å². The lowest BCUT2D eigenvalue weighted by Gasteiger charge is -2.10. The van der Waals surface area contributed by atoms with E-state index in [4.69, 9.17) is 19.9 Å². The van der Waals surface area contributed by atoms with Crippen LogP contribution in [0.3, 0.4) is 0 Å². The third-order valence-electron chi connectivity index (χ3n) is 11.3. The Hall–Kier alpha value is -8.16. The summed E-state index contributed by atoms with van der Waals surface area (Å²) in [6.45, 7) is 0. The largest absolute Gasteiger partial charge is 0.309 e. The van der Waals surface area contributed by atoms with Gasteiger partial charge in [-0.15, -0.1) is 0 Å². The Morgan fingerprint density at radius 1 is 0.288 bits per heavy atom. The summed E-state index contributed by atoms with van der Waals surface area (Å²) >= 11 is 0. The van der Waals surface area contributed by atoms with Gasteiger partial charge in [-0.3, -0.25) is 8.97 Å². The zero-order valence-corrected chi connectivity index (χ0v) is 31.7. The van der Waals surface area contributed by atoms with Gasteiger partial charge in [0, 0.05) is 38.8 Å². The molecule has 0 aliphatic carbocycles. The van der Waals surface area contributed by atoms with E-state index in [1.807, 2.05) is 66.7 Å². The molecule has 0 saturated heterocycles. The summed E-state index contributed by atoms with van der Waals surface area (Å²) in [7, 11) is 0. The summed E-state index contributed by atoms with van der Waals surface area (Å²) in [5, 5.41) is 2.46. The van der Waals surface area contributed by atoms with Gasteiger partial charge in [0.1, 0.15) is 0 Å². The number of imidazole rings is 2. The van der Waals surface area contributed by atoms with Crippen molar-refractivity contribution in [1.82, 2.24) is 33.5 Å². The summed E-state index contributed by atoms with van der Waals surface area (Å²) in [6, 6.07) is 69.8. The quantitative estimate of drug-likeness (QED) is 0.169. The Labute approximate surface area is 338 Å². The highest BCUT2D eigenvalue weighted by atomic mass is 15.2. The third kappa shape index (κ3) is 5.36. The Bertz CT molecular complexity index is 3470. The first kappa shape index (κ1) is 33.0. The van der Waals surface area contributed by atoms with Crippen LogP contribution in [-0.4, -0.2) is 33.5 Å². The van der Waals surface area contributed by atoms with E-state index in [1.165, 1.54) is 21.8 Å². The van der Waals surface area contributed by atoms with E-state index in [-0.39, 0.29) is 0 Å². The van der Waals surface area contributed by atoms with Crippen LogP contribution in [-0.2, 0) is 0 Å². The van der Waals surface area contributed by atoms with Crippen LogP contribution in [0.4, 0.5) is 0 Å². The predicted octanol–water partition coefficient (Wildman–Crippen LogP) is 12.4. The van der Waals surface area contributed by atoms with Gasteiger partial charge in [-0.25, -0.2) is 19.9 Å². The van der Waals surface area contributed by atoms with Crippen molar-refractivity contribution >= 4 is 49.7 Å². The fourth-order valence-corrected chi connectivity index (χ4v) is 8.54. The fourth-order valence-electron chi connectivity index (χ4n) is 8.54. The highest BCUT2D eigenvalue weighted by Gasteiger charge is 2.20. The number of rotatable bonds is 6. The molecule has 0 unspecified atom stereocenters. The van der Waals surface area contributed by atoms with Crippen molar-refractivity contribution in [3.8, 4) is 56.7 Å². The number of aromatic nitrogens is 7. The van der Waals surface area contributed by atoms with Crippen LogP contribution in [0.2, 0.25) is 0 Å². The molecule has 0 radical (unpaired) electrons. The number of hydrogen-bond acceptors (Lipinski definition) is 4. The first-order valence-corrected chi connectivity index (χ1v) is 19.7. The molecule has 4 heterocycles. The van der Waals surface area contributed by atoms with Gasteiger partial charge in [0.15, 0.2) is 17.5 Å². The Kier molecular flexibility index (Phi) is 7.40. The minimum Gasteiger partial charge on any atom is -0.309 e. The first-order chi connectivity index (χ1) is 29.2. The molecule has 0 N–H and O–H groups in total. The molecule has 4 aromatic heterocycles. The van der Waals surface area contributed by atoms with Crippen molar-refractivity contribution in [3.05, 3.63) is 200 Å². The second-order valence-electron chi connectivity index (χ2n) is 14.8. The predicted molar refractivity (Wildman–Crippen MR) is 239 cm³/mol. The molecule has 0 spiro atoms. The van der Waals surface area contributed by atoms with Gasteiger partial charge in [-0.2, -0.15) is 0 Å². The van der Waals surface area contributed by atoms with Crippen LogP contribution in [0, 0.1) is 0 Å². The van der Waals surface area contributed by atoms with E-state index in [2.05, 4.69) is 147 Å². The molecule has 7 nitrogen and oxygen atoms in total. The molecule has 12 aromatic rings. The highest BCUT2D eigenvalue weighted by Crippen LogP contribution is 2.37. The van der Waals surface area contributed by atoms with E-state index in [0.29, 0.717) is 17.5 Å². The van der Waals surface area contributed by atoms with Crippen LogP contribution in [0.5, 0.6) is 0 Å². The second kappa shape index (κ2) is 13.2. The lowest BCUT2D eigenvalue weighted by atomic mass is 10.0. The van der Waals surface area contributed by atoms with Crippen molar-refractivity contribution < 1.29 is 0 Å². The zero-order chi connectivity index (χ0) is 38.9. The summed E-state index contributed by atoms with van der Waals surface area (Å²) < 4.78 is 6.89. The number of fused-ring (bicyclic) bond motifs is 8. The second-order valence-corrected chi connectivity index (χ2v) is 14.8. The molecule has 0 aliphatic heterocycles. The molecule has 12 rings (SSSR count). The van der Waals surface area contributed by atoms with Gasteiger partial charge in [0.05, 0.1) is 33.1 Å². The standard InChI is InChI=1S/C52H33N7/c1-4-14-34(15-5-1)49-54-50(35-16-6-2-7-17-35)56-51(55-49)36-24-28-40(29-25-36)58-47-31-27-38(33-48(47)59-46-23-13-11-21-43(46)53-52(58)59)37-26-30-45-42(32-37)41-20-10-12-22-44(41)57(45)39-18-8-3-9-19-39/h1-33H. The molecule has 0 saturated carbocycles. The Balaban J connectivity index is 0.997. The van der Waals surface area contributed by atoms with Gasteiger partial charge in [-0.05, 0) is 90.0 Å². The first-order valence-electron chi connectivity index (χ1n) is 19.7. The molecule has 7 heteroatoms. The van der Waals surface area contributed by atoms with Gasteiger partial charge in [-0.1, -0.05) is 121 Å². The van der Waals surface area contributed by atoms with Gasteiger partial charge < -0.3 is 4.57 Å². The minimum absolute atomic E-state index is 0.617. The highest BCUT2D eigenvalue weighted by molar-refractivity contribution is 6.10.